The summed E-state index contributed by atoms with van der Waals surface area (Å²) in [6.07, 6.45) is -1.36. The number of likely N-dealkylation sites (tertiary alicyclic amines) is 1. The van der Waals surface area contributed by atoms with Gasteiger partial charge in [-0.3, -0.25) is 0 Å². The van der Waals surface area contributed by atoms with E-state index >= 15 is 0 Å². The summed E-state index contributed by atoms with van der Waals surface area (Å²) in [6.45, 7) is 6.26. The Bertz CT molecular complexity index is 1200. The maximum atomic E-state index is 13.8. The second-order valence-corrected chi connectivity index (χ2v) is 9.37. The average Bonchev–Trinajstić information content (AvgIpc) is 3.15. The highest BCUT2D eigenvalue weighted by molar-refractivity contribution is 5.96. The van der Waals surface area contributed by atoms with Crippen molar-refractivity contribution in [2.24, 2.45) is 0 Å². The van der Waals surface area contributed by atoms with Gasteiger partial charge in [0.1, 0.15) is 11.2 Å². The van der Waals surface area contributed by atoms with E-state index in [0.717, 1.165) is 6.20 Å². The molecule has 3 aromatic rings. The molecule has 4 N–H and O–H groups in total. The van der Waals surface area contributed by atoms with Gasteiger partial charge in [0.15, 0.2) is 0 Å². The SMILES string of the molecule is CC(C)(C)OC(=O)N1CCCC(Nc2ncc(C(F)(F)F)c(-c3c[nH]c4cc(N)ccc34)n2)C1. The van der Waals surface area contributed by atoms with Crippen molar-refractivity contribution in [1.29, 1.82) is 0 Å². The number of fused-ring (bicyclic) bond motifs is 1. The first-order valence-corrected chi connectivity index (χ1v) is 11.0. The van der Waals surface area contributed by atoms with Crippen LogP contribution in [0.5, 0.6) is 0 Å². The maximum Gasteiger partial charge on any atom is 0.419 e. The molecular formula is C23H27F3N6O2. The van der Waals surface area contributed by atoms with Crippen LogP contribution in [-0.4, -0.2) is 50.7 Å². The molecule has 1 aliphatic rings. The van der Waals surface area contributed by atoms with Crippen molar-refractivity contribution in [2.45, 2.75) is 51.4 Å². The quantitative estimate of drug-likeness (QED) is 0.457. The Kier molecular flexibility index (Phi) is 6.05. The van der Waals surface area contributed by atoms with Crippen LogP contribution in [0.1, 0.15) is 39.2 Å². The van der Waals surface area contributed by atoms with E-state index in [0.29, 0.717) is 48.1 Å². The van der Waals surface area contributed by atoms with E-state index in [9.17, 15) is 18.0 Å². The zero-order chi connectivity index (χ0) is 24.7. The van der Waals surface area contributed by atoms with Crippen LogP contribution in [0.4, 0.5) is 29.6 Å². The number of nitrogens with two attached hydrogens (primary N) is 1. The number of carbonyl (C=O) groups excluding carboxylic acids is 1. The zero-order valence-corrected chi connectivity index (χ0v) is 19.2. The van der Waals surface area contributed by atoms with Crippen molar-refractivity contribution < 1.29 is 22.7 Å². The number of nitrogens with one attached hydrogen (secondary N) is 2. The van der Waals surface area contributed by atoms with Crippen LogP contribution in [0.25, 0.3) is 22.2 Å². The lowest BCUT2D eigenvalue weighted by molar-refractivity contribution is -0.137. The third-order valence-corrected chi connectivity index (χ3v) is 5.46. The van der Waals surface area contributed by atoms with Crippen LogP contribution in [0.2, 0.25) is 0 Å². The van der Waals surface area contributed by atoms with Crippen LogP contribution in [0.3, 0.4) is 0 Å². The number of alkyl halides is 3. The van der Waals surface area contributed by atoms with E-state index in [2.05, 4.69) is 20.3 Å². The number of H-pyrrole nitrogens is 1. The molecule has 0 saturated carbocycles. The van der Waals surface area contributed by atoms with E-state index in [4.69, 9.17) is 10.5 Å². The molecule has 34 heavy (non-hydrogen) atoms. The number of halogens is 3. The first-order valence-electron chi connectivity index (χ1n) is 11.0. The fraction of sp³-hybridized carbons (Fsp3) is 0.435. The van der Waals surface area contributed by atoms with Gasteiger partial charge >= 0.3 is 12.3 Å². The molecule has 0 radical (unpaired) electrons. The lowest BCUT2D eigenvalue weighted by atomic mass is 10.1. The molecule has 1 fully saturated rings. The number of amides is 1. The molecule has 0 spiro atoms. The molecule has 182 valence electrons. The summed E-state index contributed by atoms with van der Waals surface area (Å²) >= 11 is 0. The summed E-state index contributed by atoms with van der Waals surface area (Å²) in [6, 6.07) is 4.71. The summed E-state index contributed by atoms with van der Waals surface area (Å²) in [5, 5.41) is 3.67. The highest BCUT2D eigenvalue weighted by Gasteiger charge is 2.36. The summed E-state index contributed by atoms with van der Waals surface area (Å²) in [5.41, 5.74) is 5.40. The van der Waals surface area contributed by atoms with Crippen molar-refractivity contribution in [3.63, 3.8) is 0 Å². The molecule has 1 amide bonds. The minimum absolute atomic E-state index is 0.0591. The van der Waals surface area contributed by atoms with Crippen molar-refractivity contribution in [1.82, 2.24) is 19.9 Å². The number of anilines is 2. The van der Waals surface area contributed by atoms with Crippen LogP contribution in [0, 0.1) is 0 Å². The molecule has 3 heterocycles. The van der Waals surface area contributed by atoms with Gasteiger partial charge in [-0.2, -0.15) is 13.2 Å². The number of rotatable bonds is 3. The smallest absolute Gasteiger partial charge is 0.419 e. The Morgan fingerprint density at radius 3 is 2.76 bits per heavy atom. The third kappa shape index (κ3) is 5.18. The summed E-state index contributed by atoms with van der Waals surface area (Å²) in [5.74, 6) is 0.0591. The number of carbonyl (C=O) groups is 1. The van der Waals surface area contributed by atoms with Gasteiger partial charge < -0.3 is 25.7 Å². The normalized spacial score (nSPS) is 17.1. The van der Waals surface area contributed by atoms with E-state index in [1.807, 2.05) is 0 Å². The number of hydrogen-bond donors (Lipinski definition) is 3. The topological polar surface area (TPSA) is 109 Å². The Balaban J connectivity index is 1.62. The second kappa shape index (κ2) is 8.69. The molecule has 0 aliphatic carbocycles. The number of hydrogen-bond acceptors (Lipinski definition) is 6. The van der Waals surface area contributed by atoms with E-state index in [1.165, 1.54) is 6.20 Å². The second-order valence-electron chi connectivity index (χ2n) is 9.37. The van der Waals surface area contributed by atoms with Crippen LogP contribution >= 0.6 is 0 Å². The molecule has 1 atom stereocenters. The first-order chi connectivity index (χ1) is 15.9. The number of piperidine rings is 1. The van der Waals surface area contributed by atoms with Gasteiger partial charge in [-0.1, -0.05) is 6.07 Å². The van der Waals surface area contributed by atoms with Crippen molar-refractivity contribution >= 4 is 28.6 Å². The molecule has 11 heteroatoms. The predicted molar refractivity (Wildman–Crippen MR) is 123 cm³/mol. The molecule has 1 saturated heterocycles. The van der Waals surface area contributed by atoms with Crippen molar-refractivity contribution in [2.75, 3.05) is 24.1 Å². The highest BCUT2D eigenvalue weighted by Crippen LogP contribution is 2.39. The average molecular weight is 477 g/mol. The van der Waals surface area contributed by atoms with Gasteiger partial charge in [0.25, 0.3) is 0 Å². The fourth-order valence-electron chi connectivity index (χ4n) is 3.97. The van der Waals surface area contributed by atoms with Gasteiger partial charge in [0.2, 0.25) is 5.95 Å². The van der Waals surface area contributed by atoms with Gasteiger partial charge in [-0.15, -0.1) is 0 Å². The Morgan fingerprint density at radius 1 is 1.29 bits per heavy atom. The highest BCUT2D eigenvalue weighted by atomic mass is 19.4. The zero-order valence-electron chi connectivity index (χ0n) is 19.2. The lowest BCUT2D eigenvalue weighted by Crippen LogP contribution is -2.47. The van der Waals surface area contributed by atoms with Gasteiger partial charge in [-0.25, -0.2) is 14.8 Å². The van der Waals surface area contributed by atoms with Crippen LogP contribution in [-0.2, 0) is 10.9 Å². The number of nitrogen functional groups attached to an aromatic ring is 1. The number of benzene rings is 1. The Morgan fingerprint density at radius 2 is 2.06 bits per heavy atom. The van der Waals surface area contributed by atoms with Crippen molar-refractivity contribution in [3.05, 3.63) is 36.2 Å². The number of aromatic amines is 1. The fourth-order valence-corrected chi connectivity index (χ4v) is 3.97. The molecule has 0 bridgehead atoms. The summed E-state index contributed by atoms with van der Waals surface area (Å²) in [7, 11) is 0. The molecule has 1 aliphatic heterocycles. The largest absolute Gasteiger partial charge is 0.444 e. The van der Waals surface area contributed by atoms with Gasteiger partial charge in [-0.05, 0) is 45.7 Å². The number of nitrogens with zero attached hydrogens (tertiary/aromatic N) is 3. The van der Waals surface area contributed by atoms with E-state index in [1.54, 1.807) is 43.9 Å². The standard InChI is InChI=1S/C23H27F3N6O2/c1-22(2,3)34-21(33)32-8-4-5-14(12-32)30-20-29-11-17(23(24,25)26)19(31-20)16-10-28-18-9-13(27)6-7-15(16)18/h6-7,9-11,14,28H,4-5,8,12,27H2,1-3H3,(H,29,30,31). The Labute approximate surface area is 194 Å². The molecule has 1 unspecified atom stereocenters. The number of ether oxygens (including phenoxy) is 1. The van der Waals surface area contributed by atoms with Crippen LogP contribution in [0.15, 0.2) is 30.6 Å². The molecule has 4 rings (SSSR count). The first kappa shape index (κ1) is 23.7. The monoisotopic (exact) mass is 476 g/mol. The van der Waals surface area contributed by atoms with E-state index < -0.39 is 23.4 Å². The minimum atomic E-state index is -4.64. The summed E-state index contributed by atoms with van der Waals surface area (Å²) < 4.78 is 46.8. The van der Waals surface area contributed by atoms with Crippen molar-refractivity contribution in [3.8, 4) is 11.3 Å². The Hall–Kier alpha value is -3.50. The van der Waals surface area contributed by atoms with Gasteiger partial charge in [0.05, 0.1) is 5.69 Å². The molecule has 8 nitrogen and oxygen atoms in total. The third-order valence-electron chi connectivity index (χ3n) is 5.46. The molecular weight excluding hydrogens is 449 g/mol. The summed E-state index contributed by atoms with van der Waals surface area (Å²) in [4.78, 5) is 25.1. The number of aromatic nitrogens is 3. The lowest BCUT2D eigenvalue weighted by Gasteiger charge is -2.34. The van der Waals surface area contributed by atoms with E-state index in [-0.39, 0.29) is 17.7 Å². The predicted octanol–water partition coefficient (Wildman–Crippen LogP) is 5.04. The van der Waals surface area contributed by atoms with Crippen LogP contribution < -0.4 is 11.1 Å². The molecule has 1 aromatic carbocycles. The molecule has 2 aromatic heterocycles. The van der Waals surface area contributed by atoms with Gasteiger partial charge in [0, 0.05) is 53.7 Å². The minimum Gasteiger partial charge on any atom is -0.444 e. The maximum absolute atomic E-state index is 13.8.